The van der Waals surface area contributed by atoms with E-state index in [-0.39, 0.29) is 18.1 Å². The Morgan fingerprint density at radius 2 is 1.84 bits per heavy atom. The molecule has 1 aromatic heterocycles. The van der Waals surface area contributed by atoms with Crippen molar-refractivity contribution in [2.24, 2.45) is 0 Å². The number of thioether (sulfide) groups is 1. The number of carboxylic acids is 1. The maximum absolute atomic E-state index is 12.1. The van der Waals surface area contributed by atoms with Crippen LogP contribution in [-0.4, -0.2) is 33.8 Å². The minimum absolute atomic E-state index is 0.0331. The SMILES string of the molecule is O=C(CSc1nc2ccccc2o1)N[C@@H](Cc1ccccc1)C(=O)O. The number of hydrogen-bond acceptors (Lipinski definition) is 5. The number of nitrogens with zero attached hydrogens (tertiary/aromatic N) is 1. The van der Waals surface area contributed by atoms with Crippen LogP contribution in [0.5, 0.6) is 0 Å². The summed E-state index contributed by atoms with van der Waals surface area (Å²) in [4.78, 5) is 27.7. The Morgan fingerprint density at radius 1 is 1.12 bits per heavy atom. The third-order valence-corrected chi connectivity index (χ3v) is 4.35. The quantitative estimate of drug-likeness (QED) is 0.633. The largest absolute Gasteiger partial charge is 0.480 e. The minimum atomic E-state index is -1.07. The van der Waals surface area contributed by atoms with Crippen molar-refractivity contribution in [3.63, 3.8) is 0 Å². The summed E-state index contributed by atoms with van der Waals surface area (Å²) in [7, 11) is 0. The molecule has 128 valence electrons. The van der Waals surface area contributed by atoms with Gasteiger partial charge in [0.15, 0.2) is 5.58 Å². The van der Waals surface area contributed by atoms with E-state index in [9.17, 15) is 14.7 Å². The van der Waals surface area contributed by atoms with Gasteiger partial charge in [0.1, 0.15) is 11.6 Å². The molecule has 2 N–H and O–H groups in total. The second kappa shape index (κ2) is 7.85. The van der Waals surface area contributed by atoms with Crippen molar-refractivity contribution >= 4 is 34.7 Å². The first-order valence-corrected chi connectivity index (χ1v) is 8.65. The number of aromatic nitrogens is 1. The smallest absolute Gasteiger partial charge is 0.326 e. The second-order valence-electron chi connectivity index (χ2n) is 5.38. The Morgan fingerprint density at radius 3 is 2.56 bits per heavy atom. The van der Waals surface area contributed by atoms with Gasteiger partial charge in [0.2, 0.25) is 5.91 Å². The van der Waals surface area contributed by atoms with Gasteiger partial charge in [-0.1, -0.05) is 54.2 Å². The van der Waals surface area contributed by atoms with Crippen LogP contribution in [0.1, 0.15) is 5.56 Å². The third kappa shape index (κ3) is 4.60. The van der Waals surface area contributed by atoms with Crippen molar-refractivity contribution in [1.82, 2.24) is 10.3 Å². The summed E-state index contributed by atoms with van der Waals surface area (Å²) in [5.74, 6) is -1.41. The van der Waals surface area contributed by atoms with Crippen LogP contribution in [0.15, 0.2) is 64.2 Å². The van der Waals surface area contributed by atoms with E-state index in [2.05, 4.69) is 10.3 Å². The van der Waals surface area contributed by atoms with E-state index in [1.54, 1.807) is 6.07 Å². The van der Waals surface area contributed by atoms with Crippen molar-refractivity contribution in [3.05, 3.63) is 60.2 Å². The lowest BCUT2D eigenvalue weighted by molar-refractivity contribution is -0.141. The highest BCUT2D eigenvalue weighted by Crippen LogP contribution is 2.22. The van der Waals surface area contributed by atoms with Crippen LogP contribution in [0.25, 0.3) is 11.1 Å². The number of carbonyl (C=O) groups is 2. The van der Waals surface area contributed by atoms with Gasteiger partial charge in [-0.3, -0.25) is 4.79 Å². The first-order chi connectivity index (χ1) is 12.1. The zero-order valence-electron chi connectivity index (χ0n) is 13.2. The predicted octanol–water partition coefficient (Wildman–Crippen LogP) is 2.73. The molecule has 0 saturated heterocycles. The number of oxazole rings is 1. The maximum atomic E-state index is 12.1. The van der Waals surface area contributed by atoms with Gasteiger partial charge in [-0.15, -0.1) is 0 Å². The number of nitrogens with one attached hydrogen (secondary N) is 1. The number of carboxylic acid groups (broad SMARTS) is 1. The Hall–Kier alpha value is -2.80. The fourth-order valence-electron chi connectivity index (χ4n) is 2.33. The number of aliphatic carboxylic acids is 1. The van der Waals surface area contributed by atoms with E-state index >= 15 is 0 Å². The topological polar surface area (TPSA) is 92.4 Å². The molecule has 1 heterocycles. The Bertz CT molecular complexity index is 846. The van der Waals surface area contributed by atoms with Gasteiger partial charge in [-0.25, -0.2) is 9.78 Å². The molecule has 1 amide bonds. The monoisotopic (exact) mass is 356 g/mol. The van der Waals surface area contributed by atoms with Crippen LogP contribution >= 0.6 is 11.8 Å². The molecule has 0 fully saturated rings. The average Bonchev–Trinajstić information content (AvgIpc) is 3.03. The van der Waals surface area contributed by atoms with Crippen molar-refractivity contribution in [2.75, 3.05) is 5.75 Å². The average molecular weight is 356 g/mol. The van der Waals surface area contributed by atoms with Crippen LogP contribution in [0.2, 0.25) is 0 Å². The zero-order valence-corrected chi connectivity index (χ0v) is 14.0. The van der Waals surface area contributed by atoms with Crippen LogP contribution in [0, 0.1) is 0 Å². The third-order valence-electron chi connectivity index (χ3n) is 3.52. The lowest BCUT2D eigenvalue weighted by Crippen LogP contribution is -2.43. The number of amides is 1. The molecule has 1 atom stereocenters. The van der Waals surface area contributed by atoms with E-state index in [1.165, 1.54) is 0 Å². The molecule has 7 heteroatoms. The molecule has 0 aliphatic heterocycles. The molecule has 0 unspecified atom stereocenters. The lowest BCUT2D eigenvalue weighted by Gasteiger charge is -2.14. The molecule has 2 aromatic carbocycles. The van der Waals surface area contributed by atoms with E-state index in [1.807, 2.05) is 48.5 Å². The predicted molar refractivity (Wildman–Crippen MR) is 94.4 cm³/mol. The van der Waals surface area contributed by atoms with Gasteiger partial charge in [-0.2, -0.15) is 0 Å². The second-order valence-corrected chi connectivity index (χ2v) is 6.31. The number of rotatable bonds is 7. The van der Waals surface area contributed by atoms with Gasteiger partial charge in [-0.05, 0) is 17.7 Å². The summed E-state index contributed by atoms with van der Waals surface area (Å²) in [5, 5.41) is 12.2. The lowest BCUT2D eigenvalue weighted by atomic mass is 10.1. The van der Waals surface area contributed by atoms with Crippen molar-refractivity contribution in [2.45, 2.75) is 17.7 Å². The number of carbonyl (C=O) groups excluding carboxylic acids is 1. The summed E-state index contributed by atoms with van der Waals surface area (Å²) in [5.41, 5.74) is 2.22. The van der Waals surface area contributed by atoms with Gasteiger partial charge in [0, 0.05) is 6.42 Å². The minimum Gasteiger partial charge on any atom is -0.480 e. The van der Waals surface area contributed by atoms with Crippen LogP contribution in [0.4, 0.5) is 0 Å². The summed E-state index contributed by atoms with van der Waals surface area (Å²) < 4.78 is 5.52. The maximum Gasteiger partial charge on any atom is 0.326 e. The molecule has 0 aliphatic carbocycles. The molecule has 0 radical (unpaired) electrons. The number of hydrogen-bond donors (Lipinski definition) is 2. The molecule has 0 saturated carbocycles. The molecule has 0 aliphatic rings. The summed E-state index contributed by atoms with van der Waals surface area (Å²) >= 11 is 1.13. The first kappa shape index (κ1) is 17.0. The number of para-hydroxylation sites is 2. The van der Waals surface area contributed by atoms with Crippen LogP contribution in [0.3, 0.4) is 0 Å². The Kier molecular flexibility index (Phi) is 5.35. The highest BCUT2D eigenvalue weighted by molar-refractivity contribution is 7.99. The van der Waals surface area contributed by atoms with E-state index in [0.717, 1.165) is 22.8 Å². The normalized spacial score (nSPS) is 12.0. The van der Waals surface area contributed by atoms with Gasteiger partial charge < -0.3 is 14.8 Å². The van der Waals surface area contributed by atoms with Crippen molar-refractivity contribution in [1.29, 1.82) is 0 Å². The van der Waals surface area contributed by atoms with E-state index in [4.69, 9.17) is 4.42 Å². The highest BCUT2D eigenvalue weighted by Gasteiger charge is 2.20. The highest BCUT2D eigenvalue weighted by atomic mass is 32.2. The Labute approximate surface area is 148 Å². The van der Waals surface area contributed by atoms with Gasteiger partial charge >= 0.3 is 5.97 Å². The molecule has 6 nitrogen and oxygen atoms in total. The first-order valence-electron chi connectivity index (χ1n) is 7.66. The summed E-state index contributed by atoms with van der Waals surface area (Å²) in [6.07, 6.45) is 0.232. The molecule has 0 spiro atoms. The standard InChI is InChI=1S/C18H16N2O4S/c21-16(11-25-18-20-13-8-4-5-9-15(13)24-18)19-14(17(22)23)10-12-6-2-1-3-7-12/h1-9,14H,10-11H2,(H,19,21)(H,22,23)/t14-/m0/s1. The fourth-order valence-corrected chi connectivity index (χ4v) is 2.98. The van der Waals surface area contributed by atoms with E-state index < -0.39 is 12.0 Å². The zero-order chi connectivity index (χ0) is 17.6. The summed E-state index contributed by atoms with van der Waals surface area (Å²) in [6.45, 7) is 0. The fraction of sp³-hybridized carbons (Fsp3) is 0.167. The Balaban J connectivity index is 1.57. The molecular formula is C18H16N2O4S. The van der Waals surface area contributed by atoms with Gasteiger partial charge in [0.05, 0.1) is 5.75 Å². The number of fused-ring (bicyclic) bond motifs is 1. The molecule has 3 rings (SSSR count). The summed E-state index contributed by atoms with van der Waals surface area (Å²) in [6, 6.07) is 15.5. The van der Waals surface area contributed by atoms with Crippen molar-refractivity contribution < 1.29 is 19.1 Å². The number of benzene rings is 2. The van der Waals surface area contributed by atoms with Crippen LogP contribution in [-0.2, 0) is 16.0 Å². The molecular weight excluding hydrogens is 340 g/mol. The molecule has 3 aromatic rings. The van der Waals surface area contributed by atoms with Gasteiger partial charge in [0.25, 0.3) is 5.22 Å². The van der Waals surface area contributed by atoms with Crippen LogP contribution < -0.4 is 5.32 Å². The molecule has 0 bridgehead atoms. The molecule has 25 heavy (non-hydrogen) atoms. The van der Waals surface area contributed by atoms with Crippen molar-refractivity contribution in [3.8, 4) is 0 Å². The van der Waals surface area contributed by atoms with E-state index in [0.29, 0.717) is 10.8 Å².